The van der Waals surface area contributed by atoms with Gasteiger partial charge in [-0.3, -0.25) is 24.8 Å². The summed E-state index contributed by atoms with van der Waals surface area (Å²) in [5, 5.41) is 14.0. The lowest BCUT2D eigenvalue weighted by molar-refractivity contribution is -0.385. The second-order valence-corrected chi connectivity index (χ2v) is 9.45. The van der Waals surface area contributed by atoms with E-state index >= 15 is 0 Å². The van der Waals surface area contributed by atoms with Crippen molar-refractivity contribution in [2.75, 3.05) is 13.2 Å². The van der Waals surface area contributed by atoms with E-state index in [1.165, 1.54) is 29.2 Å². The molecule has 2 aliphatic heterocycles. The Kier molecular flexibility index (Phi) is 6.50. The molecule has 0 radical (unpaired) electrons. The molecular formula is C23H28N4O7. The number of fused-ring (bicyclic) bond motifs is 1. The van der Waals surface area contributed by atoms with Gasteiger partial charge in [0.05, 0.1) is 35.4 Å². The Bertz CT molecular complexity index is 1110. The van der Waals surface area contributed by atoms with Gasteiger partial charge in [-0.05, 0) is 47.6 Å². The number of carbonyl (C=O) groups excluding carboxylic acids is 3. The number of carbonyl (C=O) groups is 3. The Balaban J connectivity index is 2.02. The fourth-order valence-corrected chi connectivity index (χ4v) is 3.95. The van der Waals surface area contributed by atoms with E-state index in [4.69, 9.17) is 9.47 Å². The molecule has 0 aromatic heterocycles. The first kappa shape index (κ1) is 24.9. The zero-order valence-electron chi connectivity index (χ0n) is 20.0. The van der Waals surface area contributed by atoms with Crippen LogP contribution in [0.5, 0.6) is 0 Å². The number of aliphatic imine (C=N–C) groups is 1. The molecule has 3 rings (SSSR count). The first-order valence-corrected chi connectivity index (χ1v) is 10.8. The molecule has 0 aliphatic carbocycles. The molecule has 1 fully saturated rings. The van der Waals surface area contributed by atoms with Crippen molar-refractivity contribution in [3.05, 3.63) is 51.2 Å². The van der Waals surface area contributed by atoms with Crippen LogP contribution in [-0.4, -0.2) is 63.8 Å². The average molecular weight is 472 g/mol. The maximum absolute atomic E-state index is 13.0. The van der Waals surface area contributed by atoms with Crippen molar-refractivity contribution in [1.29, 1.82) is 0 Å². The largest absolute Gasteiger partial charge is 0.461 e. The van der Waals surface area contributed by atoms with Gasteiger partial charge in [0.15, 0.2) is 5.71 Å². The highest BCUT2D eigenvalue weighted by Gasteiger charge is 2.53. The molecule has 1 N–H and O–H groups in total. The number of amides is 2. The maximum Gasteiger partial charge on any atom is 0.411 e. The molecular weight excluding hydrogens is 444 g/mol. The normalized spacial score (nSPS) is 18.8. The topological polar surface area (TPSA) is 140 Å². The predicted octanol–water partition coefficient (Wildman–Crippen LogP) is 2.99. The highest BCUT2D eigenvalue weighted by molar-refractivity contribution is 6.44. The Morgan fingerprint density at radius 1 is 1.26 bits per heavy atom. The highest BCUT2D eigenvalue weighted by Crippen LogP contribution is 2.41. The third kappa shape index (κ3) is 4.63. The summed E-state index contributed by atoms with van der Waals surface area (Å²) in [4.78, 5) is 55.3. The van der Waals surface area contributed by atoms with Gasteiger partial charge in [-0.2, -0.15) is 0 Å². The van der Waals surface area contributed by atoms with Gasteiger partial charge in [-0.1, -0.05) is 12.1 Å². The summed E-state index contributed by atoms with van der Waals surface area (Å²) in [6, 6.07) is 4.85. The molecule has 1 aromatic rings. The lowest BCUT2D eigenvalue weighted by atomic mass is 9.94. The Morgan fingerprint density at radius 3 is 2.50 bits per heavy atom. The van der Waals surface area contributed by atoms with Crippen molar-refractivity contribution in [2.45, 2.75) is 58.7 Å². The van der Waals surface area contributed by atoms with Crippen molar-refractivity contribution < 1.29 is 28.8 Å². The molecule has 34 heavy (non-hydrogen) atoms. The van der Waals surface area contributed by atoms with E-state index in [0.29, 0.717) is 5.57 Å². The smallest absolute Gasteiger partial charge is 0.411 e. The van der Waals surface area contributed by atoms with E-state index in [2.05, 4.69) is 10.3 Å². The standard InChI is InChI=1S/C23H28N4O7/c1-7-33-20(29)17-16(25-19(28)13-10-8-9-11-15(13)27(31)32)14-12-26(21(30)34-22(2,3)4)23(5,6)18(14)24-17/h8-11,18H,7,12H2,1-6H3,(H,25,28). The van der Waals surface area contributed by atoms with Crippen LogP contribution in [0.1, 0.15) is 51.9 Å². The van der Waals surface area contributed by atoms with Gasteiger partial charge in [0.25, 0.3) is 11.6 Å². The van der Waals surface area contributed by atoms with E-state index in [0.717, 1.165) is 0 Å². The molecule has 0 saturated carbocycles. The lowest BCUT2D eigenvalue weighted by Crippen LogP contribution is -2.49. The molecule has 1 atom stereocenters. The minimum absolute atomic E-state index is 0.0471. The van der Waals surface area contributed by atoms with Crippen LogP contribution in [0.25, 0.3) is 0 Å². The first-order valence-electron chi connectivity index (χ1n) is 10.8. The van der Waals surface area contributed by atoms with Gasteiger partial charge in [0.2, 0.25) is 0 Å². The summed E-state index contributed by atoms with van der Waals surface area (Å²) in [6.45, 7) is 10.6. The molecule has 11 nitrogen and oxygen atoms in total. The number of nitro benzene ring substituents is 1. The Morgan fingerprint density at radius 2 is 1.91 bits per heavy atom. The Labute approximate surface area is 197 Å². The van der Waals surface area contributed by atoms with Crippen LogP contribution in [0.15, 0.2) is 40.5 Å². The van der Waals surface area contributed by atoms with Gasteiger partial charge >= 0.3 is 12.1 Å². The SMILES string of the molecule is CCOC(=O)C1=NC2C(=C1NC(=O)c1ccccc1[N+](=O)[O-])CN(C(=O)OC(C)(C)C)C2(C)C. The molecule has 11 heteroatoms. The number of ether oxygens (including phenoxy) is 2. The predicted molar refractivity (Wildman–Crippen MR) is 122 cm³/mol. The third-order valence-electron chi connectivity index (χ3n) is 5.51. The fourth-order valence-electron chi connectivity index (χ4n) is 3.95. The Hall–Kier alpha value is -3.76. The number of hydrogen-bond donors (Lipinski definition) is 1. The van der Waals surface area contributed by atoms with Crippen LogP contribution < -0.4 is 5.32 Å². The van der Waals surface area contributed by atoms with Crippen molar-refractivity contribution in [3.8, 4) is 0 Å². The molecule has 0 spiro atoms. The van der Waals surface area contributed by atoms with E-state index < -0.39 is 40.1 Å². The number of rotatable bonds is 5. The van der Waals surface area contributed by atoms with Crippen molar-refractivity contribution in [2.24, 2.45) is 4.99 Å². The van der Waals surface area contributed by atoms with Crippen LogP contribution >= 0.6 is 0 Å². The van der Waals surface area contributed by atoms with E-state index in [1.807, 2.05) is 0 Å². The average Bonchev–Trinajstić information content (AvgIpc) is 3.21. The summed E-state index contributed by atoms with van der Waals surface area (Å²) >= 11 is 0. The van der Waals surface area contributed by atoms with Crippen molar-refractivity contribution in [3.63, 3.8) is 0 Å². The summed E-state index contributed by atoms with van der Waals surface area (Å²) in [6.07, 6.45) is -0.559. The number of benzene rings is 1. The number of esters is 1. The third-order valence-corrected chi connectivity index (χ3v) is 5.51. The van der Waals surface area contributed by atoms with Crippen molar-refractivity contribution >= 4 is 29.4 Å². The second kappa shape index (κ2) is 8.88. The van der Waals surface area contributed by atoms with Crippen LogP contribution in [0.2, 0.25) is 0 Å². The van der Waals surface area contributed by atoms with Gasteiger partial charge < -0.3 is 14.8 Å². The van der Waals surface area contributed by atoms with Crippen molar-refractivity contribution in [1.82, 2.24) is 10.2 Å². The minimum Gasteiger partial charge on any atom is -0.461 e. The number of para-hydroxylation sites is 1. The molecule has 0 bridgehead atoms. The van der Waals surface area contributed by atoms with Crippen LogP contribution in [0.3, 0.4) is 0 Å². The summed E-state index contributed by atoms with van der Waals surface area (Å²) in [5.74, 6) is -1.51. The second-order valence-electron chi connectivity index (χ2n) is 9.45. The van der Waals surface area contributed by atoms with Gasteiger partial charge in [-0.15, -0.1) is 0 Å². The zero-order chi connectivity index (χ0) is 25.4. The van der Waals surface area contributed by atoms with Gasteiger partial charge in [0.1, 0.15) is 11.2 Å². The molecule has 182 valence electrons. The van der Waals surface area contributed by atoms with E-state index in [9.17, 15) is 24.5 Å². The molecule has 2 aliphatic rings. The summed E-state index contributed by atoms with van der Waals surface area (Å²) < 4.78 is 10.6. The summed E-state index contributed by atoms with van der Waals surface area (Å²) in [7, 11) is 0. The quantitative estimate of drug-likeness (QED) is 0.394. The molecule has 1 saturated heterocycles. The molecule has 2 amide bonds. The van der Waals surface area contributed by atoms with E-state index in [1.54, 1.807) is 41.5 Å². The monoisotopic (exact) mass is 472 g/mol. The fraction of sp³-hybridized carbons (Fsp3) is 0.478. The number of hydrogen-bond acceptors (Lipinski definition) is 8. The lowest BCUT2D eigenvalue weighted by Gasteiger charge is -2.35. The minimum atomic E-state index is -0.874. The van der Waals surface area contributed by atoms with Gasteiger partial charge in [0, 0.05) is 11.6 Å². The van der Waals surface area contributed by atoms with E-state index in [-0.39, 0.29) is 35.8 Å². The van der Waals surface area contributed by atoms with Gasteiger partial charge in [-0.25, -0.2) is 9.59 Å². The number of nitro groups is 1. The molecule has 2 heterocycles. The number of nitrogens with one attached hydrogen (secondary N) is 1. The van der Waals surface area contributed by atoms with Crippen LogP contribution in [0, 0.1) is 10.1 Å². The zero-order valence-corrected chi connectivity index (χ0v) is 20.0. The summed E-state index contributed by atoms with van der Waals surface area (Å²) in [5.41, 5.74) is -1.63. The molecule has 1 aromatic carbocycles. The number of nitrogens with zero attached hydrogens (tertiary/aromatic N) is 3. The molecule has 1 unspecified atom stereocenters. The first-order chi connectivity index (χ1) is 15.8. The maximum atomic E-state index is 13.0. The highest BCUT2D eigenvalue weighted by atomic mass is 16.6. The van der Waals surface area contributed by atoms with Crippen LogP contribution in [0.4, 0.5) is 10.5 Å². The van der Waals surface area contributed by atoms with Crippen LogP contribution in [-0.2, 0) is 14.3 Å². The number of likely N-dealkylation sites (tertiary alicyclic amines) is 1.